The highest BCUT2D eigenvalue weighted by Gasteiger charge is 2.63. The summed E-state index contributed by atoms with van der Waals surface area (Å²) in [6.07, 6.45) is -5.22. The van der Waals surface area contributed by atoms with Gasteiger partial charge in [-0.15, -0.1) is 0 Å². The van der Waals surface area contributed by atoms with Gasteiger partial charge in [-0.25, -0.2) is 0 Å². The zero-order valence-corrected chi connectivity index (χ0v) is 30.9. The third-order valence-corrected chi connectivity index (χ3v) is 9.62. The maximum atomic E-state index is 12.4. The van der Waals surface area contributed by atoms with Crippen molar-refractivity contribution in [1.82, 2.24) is 0 Å². The number of hydrogen-bond acceptors (Lipinski definition) is 12. The van der Waals surface area contributed by atoms with Gasteiger partial charge in [0, 0.05) is 6.92 Å². The molecule has 0 N–H and O–H groups in total. The molecule has 0 bridgehead atoms. The molecule has 4 fully saturated rings. The van der Waals surface area contributed by atoms with Gasteiger partial charge >= 0.3 is 5.97 Å². The molecule has 9 atom stereocenters. The Labute approximate surface area is 310 Å². The van der Waals surface area contributed by atoms with E-state index in [1.807, 2.05) is 119 Å². The van der Waals surface area contributed by atoms with E-state index in [4.69, 9.17) is 52.1 Å². The highest BCUT2D eigenvalue weighted by Crippen LogP contribution is 2.45. The summed E-state index contributed by atoms with van der Waals surface area (Å²) < 4.78 is 70.5. The molecule has 0 unspecified atom stereocenters. The highest BCUT2D eigenvalue weighted by molar-refractivity contribution is 5.66. The van der Waals surface area contributed by atoms with Crippen LogP contribution in [0.1, 0.15) is 51.3 Å². The minimum absolute atomic E-state index is 0.0525. The predicted molar refractivity (Wildman–Crippen MR) is 189 cm³/mol. The van der Waals surface area contributed by atoms with Crippen LogP contribution in [0, 0.1) is 0 Å². The van der Waals surface area contributed by atoms with Crippen molar-refractivity contribution in [3.05, 3.63) is 108 Å². The summed E-state index contributed by atoms with van der Waals surface area (Å²) in [5.41, 5.74) is 2.91. The zero-order valence-electron chi connectivity index (χ0n) is 30.9. The molecule has 7 rings (SSSR count). The van der Waals surface area contributed by atoms with E-state index in [2.05, 4.69) is 0 Å². The summed E-state index contributed by atoms with van der Waals surface area (Å²) in [4.78, 5) is 12.4. The standard InChI is InChI=1S/C41H50O12/c1-27(42)46-26-41(47-25-31-33-35(51-39(2,3)50-33)36-38(48-31)53-40(4,5)52-36)37(45-23-30-19-13-8-14-20-30)34(44-22-29-17-11-7-12-18-29)32(49-41)24-43-21-28-15-9-6-10-16-28/h6-20,31-38H,21-26H2,1-5H3/t31-,32-,33+,34-,35+,36-,37+,38-,41+/m1/s1. The second-order valence-electron chi connectivity index (χ2n) is 14.7. The Morgan fingerprint density at radius 3 is 1.79 bits per heavy atom. The molecule has 12 nitrogen and oxygen atoms in total. The van der Waals surface area contributed by atoms with E-state index < -0.39 is 72.3 Å². The third-order valence-electron chi connectivity index (χ3n) is 9.62. The van der Waals surface area contributed by atoms with Crippen molar-refractivity contribution in [3.63, 3.8) is 0 Å². The summed E-state index contributed by atoms with van der Waals surface area (Å²) in [5.74, 6) is -3.93. The summed E-state index contributed by atoms with van der Waals surface area (Å²) in [6, 6.07) is 29.5. The van der Waals surface area contributed by atoms with Crippen LogP contribution in [0.5, 0.6) is 0 Å². The molecular formula is C41H50O12. The van der Waals surface area contributed by atoms with Crippen LogP contribution >= 0.6 is 0 Å². The average molecular weight is 735 g/mol. The lowest BCUT2D eigenvalue weighted by Gasteiger charge is -2.40. The Morgan fingerprint density at radius 1 is 0.623 bits per heavy atom. The first-order valence-electron chi connectivity index (χ1n) is 18.2. The van der Waals surface area contributed by atoms with Crippen molar-refractivity contribution in [2.75, 3.05) is 19.8 Å². The van der Waals surface area contributed by atoms with Crippen LogP contribution in [0.15, 0.2) is 91.0 Å². The molecule has 0 aromatic heterocycles. The minimum atomic E-state index is -1.64. The third kappa shape index (κ3) is 9.17. The van der Waals surface area contributed by atoms with E-state index in [1.54, 1.807) is 0 Å². The van der Waals surface area contributed by atoms with Gasteiger partial charge in [0.25, 0.3) is 0 Å². The van der Waals surface area contributed by atoms with E-state index in [0.29, 0.717) is 6.61 Å². The molecule has 4 aliphatic heterocycles. The molecule has 3 aromatic rings. The lowest BCUT2D eigenvalue weighted by atomic mass is 9.99. The Hall–Kier alpha value is -3.27. The van der Waals surface area contributed by atoms with Crippen molar-refractivity contribution in [2.24, 2.45) is 0 Å². The second-order valence-corrected chi connectivity index (χ2v) is 14.7. The fourth-order valence-electron chi connectivity index (χ4n) is 7.30. The minimum Gasteiger partial charge on any atom is -0.460 e. The van der Waals surface area contributed by atoms with Crippen LogP contribution < -0.4 is 0 Å². The molecule has 4 aliphatic rings. The van der Waals surface area contributed by atoms with Gasteiger partial charge in [0.05, 0.1) is 33.0 Å². The number of rotatable bonds is 15. The van der Waals surface area contributed by atoms with E-state index in [-0.39, 0.29) is 33.0 Å². The topological polar surface area (TPSA) is 119 Å². The molecule has 4 saturated heterocycles. The maximum Gasteiger partial charge on any atom is 0.302 e. The molecule has 286 valence electrons. The van der Waals surface area contributed by atoms with Gasteiger partial charge in [-0.1, -0.05) is 91.0 Å². The van der Waals surface area contributed by atoms with Crippen LogP contribution in [0.25, 0.3) is 0 Å². The van der Waals surface area contributed by atoms with Gasteiger partial charge in [0.15, 0.2) is 17.9 Å². The maximum absolute atomic E-state index is 12.4. The highest BCUT2D eigenvalue weighted by atomic mass is 16.9. The van der Waals surface area contributed by atoms with Gasteiger partial charge in [0.2, 0.25) is 5.79 Å². The molecule has 0 radical (unpaired) electrons. The zero-order chi connectivity index (χ0) is 37.1. The van der Waals surface area contributed by atoms with Crippen molar-refractivity contribution >= 4 is 5.97 Å². The van der Waals surface area contributed by atoms with E-state index in [0.717, 1.165) is 16.7 Å². The van der Waals surface area contributed by atoms with Crippen LogP contribution in [0.3, 0.4) is 0 Å². The van der Waals surface area contributed by atoms with Gasteiger partial charge in [-0.3, -0.25) is 4.79 Å². The first kappa shape index (κ1) is 38.0. The van der Waals surface area contributed by atoms with E-state index in [9.17, 15) is 4.79 Å². The molecule has 53 heavy (non-hydrogen) atoms. The van der Waals surface area contributed by atoms with Crippen LogP contribution in [-0.2, 0) is 76.7 Å². The summed E-state index contributed by atoms with van der Waals surface area (Å²) in [5, 5.41) is 0. The number of hydrogen-bond donors (Lipinski definition) is 0. The Balaban J connectivity index is 1.19. The molecular weight excluding hydrogens is 684 g/mol. The summed E-state index contributed by atoms with van der Waals surface area (Å²) in [7, 11) is 0. The Kier molecular flexibility index (Phi) is 11.6. The first-order chi connectivity index (χ1) is 25.5. The SMILES string of the molecule is CC(=O)OC[C@]1(OC[C@H]2O[C@@H]3OC(C)(C)O[C@@H]3[C@H]3OC(C)(C)O[C@H]32)O[C@H](COCc2ccccc2)[C@@H](OCc2ccccc2)[C@@H]1OCc1ccccc1. The summed E-state index contributed by atoms with van der Waals surface area (Å²) in [6.45, 7) is 9.35. The normalized spacial score (nSPS) is 32.6. The smallest absolute Gasteiger partial charge is 0.302 e. The molecule has 0 amide bonds. The number of carbonyl (C=O) groups excluding carboxylic acids is 1. The summed E-state index contributed by atoms with van der Waals surface area (Å²) >= 11 is 0. The molecule has 12 heteroatoms. The number of esters is 1. The van der Waals surface area contributed by atoms with Gasteiger partial charge in [-0.05, 0) is 44.4 Å². The van der Waals surface area contributed by atoms with Crippen LogP contribution in [0.4, 0.5) is 0 Å². The Morgan fingerprint density at radius 2 is 1.17 bits per heavy atom. The van der Waals surface area contributed by atoms with E-state index >= 15 is 0 Å². The number of ether oxygens (including phenoxy) is 11. The molecule has 3 aromatic carbocycles. The quantitative estimate of drug-likeness (QED) is 0.185. The number of fused-ring (bicyclic) bond motifs is 3. The Bertz CT molecular complexity index is 1620. The van der Waals surface area contributed by atoms with E-state index in [1.165, 1.54) is 6.92 Å². The van der Waals surface area contributed by atoms with Crippen molar-refractivity contribution < 1.29 is 56.9 Å². The lowest BCUT2D eigenvalue weighted by molar-refractivity contribution is -0.311. The first-order valence-corrected chi connectivity index (χ1v) is 18.2. The van der Waals surface area contributed by atoms with Crippen molar-refractivity contribution in [2.45, 2.75) is 121 Å². The fourth-order valence-corrected chi connectivity index (χ4v) is 7.30. The molecule has 0 spiro atoms. The van der Waals surface area contributed by atoms with Crippen molar-refractivity contribution in [1.29, 1.82) is 0 Å². The van der Waals surface area contributed by atoms with Gasteiger partial charge in [0.1, 0.15) is 49.3 Å². The monoisotopic (exact) mass is 734 g/mol. The van der Waals surface area contributed by atoms with Crippen molar-refractivity contribution in [3.8, 4) is 0 Å². The van der Waals surface area contributed by atoms with Gasteiger partial charge < -0.3 is 52.1 Å². The molecule has 0 saturated carbocycles. The van der Waals surface area contributed by atoms with Crippen LogP contribution in [0.2, 0.25) is 0 Å². The number of benzene rings is 3. The molecule has 4 heterocycles. The molecule has 0 aliphatic carbocycles. The number of carbonyl (C=O) groups is 1. The largest absolute Gasteiger partial charge is 0.460 e. The average Bonchev–Trinajstić information content (AvgIpc) is 3.75. The predicted octanol–water partition coefficient (Wildman–Crippen LogP) is 5.45. The second kappa shape index (κ2) is 16.2. The van der Waals surface area contributed by atoms with Crippen LogP contribution in [-0.4, -0.2) is 92.2 Å². The lowest BCUT2D eigenvalue weighted by Crippen LogP contribution is -2.58. The van der Waals surface area contributed by atoms with Gasteiger partial charge in [-0.2, -0.15) is 0 Å². The fraction of sp³-hybridized carbons (Fsp3) is 0.537.